The van der Waals surface area contributed by atoms with Crippen LogP contribution < -0.4 is 20.6 Å². The zero-order valence-corrected chi connectivity index (χ0v) is 21.2. The predicted octanol–water partition coefficient (Wildman–Crippen LogP) is 6.30. The molecule has 178 valence electrons. The largest absolute Gasteiger partial charge is 0.280 e. The molecule has 0 saturated heterocycles. The Balaban J connectivity index is 1.82. The Labute approximate surface area is 212 Å². The van der Waals surface area contributed by atoms with Crippen molar-refractivity contribution < 1.29 is 8.42 Å². The quantitative estimate of drug-likeness (QED) is 0.263. The van der Waals surface area contributed by atoms with Crippen LogP contribution >= 0.6 is 7.05 Å². The predicted molar refractivity (Wildman–Crippen MR) is 151 cm³/mol. The first kappa shape index (κ1) is 23.8. The van der Waals surface area contributed by atoms with Crippen molar-refractivity contribution in [2.75, 3.05) is 4.72 Å². The second-order valence-corrected chi connectivity index (χ2v) is 12.9. The highest BCUT2D eigenvalue weighted by molar-refractivity contribution is 7.93. The first-order chi connectivity index (χ1) is 17.6. The number of rotatable bonds is 7. The summed E-state index contributed by atoms with van der Waals surface area (Å²) in [6.45, 7) is 0. The highest BCUT2D eigenvalue weighted by Gasteiger charge is 2.29. The molecule has 0 unspecified atom stereocenters. The molecule has 0 aromatic heterocycles. The minimum Gasteiger partial charge on any atom is -0.280 e. The van der Waals surface area contributed by atoms with Crippen molar-refractivity contribution in [2.24, 2.45) is 4.74 Å². The Morgan fingerprint density at radius 2 is 0.889 bits per heavy atom. The van der Waals surface area contributed by atoms with Crippen LogP contribution in [0.15, 0.2) is 155 Å². The van der Waals surface area contributed by atoms with E-state index in [4.69, 9.17) is 4.74 Å². The van der Waals surface area contributed by atoms with Crippen molar-refractivity contribution in [3.8, 4) is 0 Å². The maximum absolute atomic E-state index is 13.6. The number of hydrogen-bond acceptors (Lipinski definition) is 3. The maximum atomic E-state index is 13.6. The lowest BCUT2D eigenvalue weighted by atomic mass is 10.3. The molecule has 0 aliphatic carbocycles. The molecule has 0 radical (unpaired) electrons. The molecule has 0 atom stereocenters. The molecular weight excluding hydrogens is 483 g/mol. The molecule has 5 aromatic carbocycles. The van der Waals surface area contributed by atoms with Gasteiger partial charge in [0.15, 0.2) is 0 Å². The van der Waals surface area contributed by atoms with E-state index < -0.39 is 17.1 Å². The van der Waals surface area contributed by atoms with Crippen molar-refractivity contribution in [3.05, 3.63) is 146 Å². The van der Waals surface area contributed by atoms with Gasteiger partial charge in [-0.1, -0.05) is 121 Å². The Hall–Kier alpha value is -3.92. The Morgan fingerprint density at radius 1 is 0.500 bits per heavy atom. The summed E-state index contributed by atoms with van der Waals surface area (Å²) in [5.41, 5.74) is 0.924. The minimum atomic E-state index is -3.89. The Bertz CT molecular complexity index is 1500. The molecule has 1 N–H and O–H groups in total. The van der Waals surface area contributed by atoms with Crippen molar-refractivity contribution in [1.82, 2.24) is 0 Å². The van der Waals surface area contributed by atoms with E-state index in [-0.39, 0.29) is 4.90 Å². The summed E-state index contributed by atoms with van der Waals surface area (Å²) in [7, 11) is -6.51. The van der Waals surface area contributed by atoms with Gasteiger partial charge in [-0.3, -0.25) is 9.47 Å². The van der Waals surface area contributed by atoms with E-state index in [0.717, 1.165) is 15.9 Å². The fourth-order valence-electron chi connectivity index (χ4n) is 4.20. The molecule has 0 aliphatic heterocycles. The molecule has 5 rings (SSSR count). The lowest BCUT2D eigenvalue weighted by Crippen LogP contribution is -2.25. The molecule has 36 heavy (non-hydrogen) atoms. The second-order valence-electron chi connectivity index (χ2n) is 8.18. The van der Waals surface area contributed by atoms with Crippen molar-refractivity contribution in [3.63, 3.8) is 0 Å². The first-order valence-corrected chi connectivity index (χ1v) is 14.8. The van der Waals surface area contributed by atoms with Crippen LogP contribution in [-0.2, 0) is 10.0 Å². The van der Waals surface area contributed by atoms with Crippen LogP contribution in [0.25, 0.3) is 0 Å². The first-order valence-electron chi connectivity index (χ1n) is 11.6. The summed E-state index contributed by atoms with van der Waals surface area (Å²) in [5.74, 6) is 0. The average Bonchev–Trinajstić information content (AvgIpc) is 2.94. The van der Waals surface area contributed by atoms with Gasteiger partial charge in [-0.15, -0.1) is 0 Å². The van der Waals surface area contributed by atoms with Gasteiger partial charge in [-0.05, 0) is 24.3 Å². The molecule has 0 fully saturated rings. The lowest BCUT2D eigenvalue weighted by molar-refractivity contribution is 0.601. The summed E-state index contributed by atoms with van der Waals surface area (Å²) >= 11 is 0. The summed E-state index contributed by atoms with van der Waals surface area (Å²) in [5, 5.41) is 3.14. The highest BCUT2D eigenvalue weighted by atomic mass is 32.2. The van der Waals surface area contributed by atoms with Gasteiger partial charge >= 0.3 is 0 Å². The smallest absolute Gasteiger partial charge is 0.264 e. The van der Waals surface area contributed by atoms with Crippen molar-refractivity contribution >= 4 is 44.4 Å². The van der Waals surface area contributed by atoms with Gasteiger partial charge in [0.05, 0.1) is 12.7 Å². The number of sulfonamides is 1. The van der Waals surface area contributed by atoms with Gasteiger partial charge in [0.1, 0.15) is 4.90 Å². The molecule has 0 bridgehead atoms. The van der Waals surface area contributed by atoms with Crippen LogP contribution in [0, 0.1) is 0 Å². The molecule has 0 spiro atoms. The van der Waals surface area contributed by atoms with E-state index in [1.54, 1.807) is 42.5 Å². The minimum absolute atomic E-state index is 0.140. The fraction of sp³-hybridized carbons (Fsp3) is 0. The van der Waals surface area contributed by atoms with Crippen LogP contribution in [0.4, 0.5) is 11.4 Å². The van der Waals surface area contributed by atoms with Gasteiger partial charge in [0.25, 0.3) is 10.0 Å². The van der Waals surface area contributed by atoms with E-state index in [9.17, 15) is 8.42 Å². The normalized spacial score (nSPS) is 11.6. The summed E-state index contributed by atoms with van der Waals surface area (Å²) in [4.78, 5) is 0.140. The van der Waals surface area contributed by atoms with Crippen LogP contribution in [0.5, 0.6) is 0 Å². The Kier molecular flexibility index (Phi) is 6.86. The second kappa shape index (κ2) is 10.4. The monoisotopic (exact) mass is 508 g/mol. The van der Waals surface area contributed by atoms with E-state index in [2.05, 4.69) is 41.1 Å². The SMILES string of the molecule is O=S(=O)(Nc1ccccc1)c1ccccc1N=P(c1ccccc1)(c1ccccc1)c1ccccc1. The van der Waals surface area contributed by atoms with E-state index in [0.29, 0.717) is 11.4 Å². The fourth-order valence-corrected chi connectivity index (χ4v) is 9.02. The van der Waals surface area contributed by atoms with E-state index in [1.165, 1.54) is 0 Å². The molecule has 0 heterocycles. The molecule has 0 saturated carbocycles. The molecule has 0 amide bonds. The summed E-state index contributed by atoms with van der Waals surface area (Å²) < 4.78 is 35.2. The molecular formula is C30H25N2O2PS. The maximum Gasteiger partial charge on any atom is 0.264 e. The van der Waals surface area contributed by atoms with Crippen molar-refractivity contribution in [2.45, 2.75) is 4.90 Å². The number of hydrogen-bond donors (Lipinski definition) is 1. The topological polar surface area (TPSA) is 58.5 Å². The summed E-state index contributed by atoms with van der Waals surface area (Å²) in [6, 6.07) is 46.3. The third kappa shape index (κ3) is 4.76. The van der Waals surface area contributed by atoms with Gasteiger partial charge in [-0.25, -0.2) is 8.42 Å². The van der Waals surface area contributed by atoms with Crippen LogP contribution in [0.2, 0.25) is 0 Å². The van der Waals surface area contributed by atoms with Gasteiger partial charge < -0.3 is 0 Å². The standard InChI is InChI=1S/C30H25N2O2PS/c33-36(34,32-25-15-5-1-6-16-25)30-24-14-13-23-29(30)31-35(26-17-7-2-8-18-26,27-19-9-3-10-20-27)28-21-11-4-12-22-28/h1-24,32H. The van der Waals surface area contributed by atoms with Gasteiger partial charge in [0, 0.05) is 21.6 Å². The molecule has 0 aliphatic rings. The number of nitrogens with one attached hydrogen (secondary N) is 1. The average molecular weight is 509 g/mol. The highest BCUT2D eigenvalue weighted by Crippen LogP contribution is 2.50. The van der Waals surface area contributed by atoms with E-state index in [1.807, 2.05) is 66.7 Å². The van der Waals surface area contributed by atoms with Gasteiger partial charge in [-0.2, -0.15) is 0 Å². The number of nitrogens with zero attached hydrogens (tertiary/aromatic N) is 1. The molecule has 6 heteroatoms. The zero-order valence-electron chi connectivity index (χ0n) is 19.5. The lowest BCUT2D eigenvalue weighted by Gasteiger charge is -2.27. The molecule has 4 nitrogen and oxygen atoms in total. The molecule has 5 aromatic rings. The number of para-hydroxylation sites is 1. The van der Waals surface area contributed by atoms with Gasteiger partial charge in [0.2, 0.25) is 0 Å². The third-order valence-electron chi connectivity index (χ3n) is 5.83. The van der Waals surface area contributed by atoms with Crippen LogP contribution in [0.3, 0.4) is 0 Å². The number of benzene rings is 5. The Morgan fingerprint density at radius 3 is 1.36 bits per heavy atom. The van der Waals surface area contributed by atoms with Crippen LogP contribution in [-0.4, -0.2) is 8.42 Å². The zero-order chi connectivity index (χ0) is 24.8. The van der Waals surface area contributed by atoms with Crippen LogP contribution in [0.1, 0.15) is 0 Å². The third-order valence-corrected chi connectivity index (χ3v) is 10.9. The van der Waals surface area contributed by atoms with E-state index >= 15 is 0 Å². The van der Waals surface area contributed by atoms with Crippen molar-refractivity contribution in [1.29, 1.82) is 0 Å². The number of anilines is 1. The summed E-state index contributed by atoms with van der Waals surface area (Å²) in [6.07, 6.45) is 0.